The number of hydrogen-bond acceptors (Lipinski definition) is 2. The van der Waals surface area contributed by atoms with Gasteiger partial charge < -0.3 is 4.90 Å². The van der Waals surface area contributed by atoms with Crippen molar-refractivity contribution in [2.24, 2.45) is 5.92 Å². The summed E-state index contributed by atoms with van der Waals surface area (Å²) >= 11 is 0. The van der Waals surface area contributed by atoms with E-state index in [0.29, 0.717) is 18.0 Å². The van der Waals surface area contributed by atoms with Gasteiger partial charge in [-0.3, -0.25) is 4.79 Å². The van der Waals surface area contributed by atoms with Crippen LogP contribution >= 0.6 is 0 Å². The van der Waals surface area contributed by atoms with Gasteiger partial charge in [-0.2, -0.15) is 0 Å². The second kappa shape index (κ2) is 6.98. The smallest absolute Gasteiger partial charge is 0.162 e. The number of rotatable bonds is 5. The molecule has 2 nitrogen and oxygen atoms in total. The van der Waals surface area contributed by atoms with Crippen molar-refractivity contribution in [2.75, 3.05) is 13.1 Å². The normalized spacial score (nSPS) is 23.8. The molecule has 0 spiro atoms. The Bertz CT molecular complexity index is 443. The van der Waals surface area contributed by atoms with Crippen molar-refractivity contribution in [2.45, 2.75) is 45.6 Å². The van der Waals surface area contributed by atoms with Crippen molar-refractivity contribution in [1.29, 1.82) is 0 Å². The molecule has 1 aliphatic rings. The summed E-state index contributed by atoms with van der Waals surface area (Å²) < 4.78 is 12.8. The monoisotopic (exact) mass is 277 g/mol. The van der Waals surface area contributed by atoms with Crippen LogP contribution in [0.1, 0.15) is 49.9 Å². The molecule has 1 aliphatic heterocycles. The summed E-state index contributed by atoms with van der Waals surface area (Å²) in [5.74, 6) is 0.567. The van der Waals surface area contributed by atoms with Crippen LogP contribution in [0, 0.1) is 11.7 Å². The molecule has 0 aromatic heterocycles. The van der Waals surface area contributed by atoms with E-state index in [1.165, 1.54) is 25.0 Å². The van der Waals surface area contributed by atoms with E-state index >= 15 is 0 Å². The van der Waals surface area contributed by atoms with Crippen LogP contribution in [0.25, 0.3) is 0 Å². The number of nitrogens with zero attached hydrogens (tertiary/aromatic N) is 1. The minimum absolute atomic E-state index is 0.114. The number of likely N-dealkylation sites (tertiary alicyclic amines) is 1. The molecule has 1 aromatic carbocycles. The van der Waals surface area contributed by atoms with E-state index < -0.39 is 0 Å². The van der Waals surface area contributed by atoms with Gasteiger partial charge in [0.1, 0.15) is 5.82 Å². The highest BCUT2D eigenvalue weighted by Gasteiger charge is 2.24. The van der Waals surface area contributed by atoms with Crippen LogP contribution < -0.4 is 0 Å². The van der Waals surface area contributed by atoms with Gasteiger partial charge in [-0.1, -0.05) is 6.92 Å². The van der Waals surface area contributed by atoms with Gasteiger partial charge in [0.15, 0.2) is 5.78 Å². The molecule has 2 atom stereocenters. The molecule has 0 radical (unpaired) electrons. The number of halogens is 1. The van der Waals surface area contributed by atoms with Gasteiger partial charge in [0.05, 0.1) is 0 Å². The minimum atomic E-state index is -0.294. The Morgan fingerprint density at radius 3 is 2.70 bits per heavy atom. The summed E-state index contributed by atoms with van der Waals surface area (Å²) in [6, 6.07) is 6.46. The van der Waals surface area contributed by atoms with E-state index in [1.54, 1.807) is 12.1 Å². The predicted octanol–water partition coefficient (Wildman–Crippen LogP) is 3.91. The SMILES string of the molecule is CC1CCCN(CCCC(=O)c2ccc(F)cc2)C1C. The summed E-state index contributed by atoms with van der Waals surface area (Å²) in [6.45, 7) is 6.72. The van der Waals surface area contributed by atoms with Crippen molar-refractivity contribution in [3.8, 4) is 0 Å². The van der Waals surface area contributed by atoms with Gasteiger partial charge in [0.25, 0.3) is 0 Å². The molecule has 2 unspecified atom stereocenters. The summed E-state index contributed by atoms with van der Waals surface area (Å²) in [7, 11) is 0. The van der Waals surface area contributed by atoms with Crippen LogP contribution in [0.15, 0.2) is 24.3 Å². The molecule has 2 rings (SSSR count). The van der Waals surface area contributed by atoms with E-state index in [-0.39, 0.29) is 11.6 Å². The second-order valence-corrected chi connectivity index (χ2v) is 5.93. The Morgan fingerprint density at radius 1 is 1.30 bits per heavy atom. The molecule has 1 saturated heterocycles. The average Bonchev–Trinajstić information content (AvgIpc) is 2.44. The molecule has 0 N–H and O–H groups in total. The van der Waals surface area contributed by atoms with E-state index in [2.05, 4.69) is 18.7 Å². The lowest BCUT2D eigenvalue weighted by atomic mass is 9.92. The van der Waals surface area contributed by atoms with Crippen LogP contribution in [0.3, 0.4) is 0 Å². The van der Waals surface area contributed by atoms with E-state index in [0.717, 1.165) is 25.4 Å². The predicted molar refractivity (Wildman–Crippen MR) is 79.4 cm³/mol. The van der Waals surface area contributed by atoms with Crippen molar-refractivity contribution >= 4 is 5.78 Å². The summed E-state index contributed by atoms with van der Waals surface area (Å²) in [5.41, 5.74) is 0.617. The molecule has 0 amide bonds. The van der Waals surface area contributed by atoms with Crippen LogP contribution in [0.5, 0.6) is 0 Å². The molecule has 20 heavy (non-hydrogen) atoms. The fraction of sp³-hybridized carbons (Fsp3) is 0.588. The van der Waals surface area contributed by atoms with Crippen LogP contribution in [0.4, 0.5) is 4.39 Å². The Labute approximate surface area is 121 Å². The number of hydrogen-bond donors (Lipinski definition) is 0. The number of benzene rings is 1. The molecule has 0 saturated carbocycles. The third kappa shape index (κ3) is 3.89. The van der Waals surface area contributed by atoms with Crippen LogP contribution in [-0.2, 0) is 0 Å². The first-order valence-electron chi connectivity index (χ1n) is 7.60. The quantitative estimate of drug-likeness (QED) is 0.761. The zero-order valence-corrected chi connectivity index (χ0v) is 12.4. The van der Waals surface area contributed by atoms with Gasteiger partial charge in [0.2, 0.25) is 0 Å². The summed E-state index contributed by atoms with van der Waals surface area (Å²) in [6.07, 6.45) is 4.00. The molecule has 0 bridgehead atoms. The maximum absolute atomic E-state index is 12.8. The lowest BCUT2D eigenvalue weighted by Gasteiger charge is -2.37. The van der Waals surface area contributed by atoms with E-state index in [4.69, 9.17) is 0 Å². The molecule has 0 aliphatic carbocycles. The number of carbonyl (C=O) groups excluding carboxylic acids is 1. The van der Waals surface area contributed by atoms with E-state index in [1.807, 2.05) is 0 Å². The van der Waals surface area contributed by atoms with Gasteiger partial charge in [0, 0.05) is 18.0 Å². The lowest BCUT2D eigenvalue weighted by Crippen LogP contribution is -2.42. The Balaban J connectivity index is 1.78. The van der Waals surface area contributed by atoms with Crippen LogP contribution in [-0.4, -0.2) is 29.8 Å². The summed E-state index contributed by atoms with van der Waals surface area (Å²) in [4.78, 5) is 14.5. The molecule has 3 heteroatoms. The standard InChI is InChI=1S/C17H24FNO/c1-13-5-3-11-19(14(13)2)12-4-6-17(20)15-7-9-16(18)10-8-15/h7-10,13-14H,3-6,11-12H2,1-2H3. The van der Waals surface area contributed by atoms with Crippen LogP contribution in [0.2, 0.25) is 0 Å². The molecule has 1 fully saturated rings. The number of carbonyl (C=O) groups is 1. The first-order valence-corrected chi connectivity index (χ1v) is 7.60. The third-order valence-electron chi connectivity index (χ3n) is 4.52. The fourth-order valence-electron chi connectivity index (χ4n) is 2.96. The van der Waals surface area contributed by atoms with Gasteiger partial charge >= 0.3 is 0 Å². The molecule has 110 valence electrons. The molecule has 1 heterocycles. The van der Waals surface area contributed by atoms with Gasteiger partial charge in [-0.05, 0) is 69.5 Å². The highest BCUT2D eigenvalue weighted by atomic mass is 19.1. The number of piperidine rings is 1. The topological polar surface area (TPSA) is 20.3 Å². The number of Topliss-reactive ketones (excluding diaryl/α,β-unsaturated/α-hetero) is 1. The van der Waals surface area contributed by atoms with Crippen molar-refractivity contribution in [1.82, 2.24) is 4.90 Å². The largest absolute Gasteiger partial charge is 0.300 e. The lowest BCUT2D eigenvalue weighted by molar-refractivity contribution is 0.0935. The molecule has 1 aromatic rings. The Morgan fingerprint density at radius 2 is 2.00 bits per heavy atom. The third-order valence-corrected chi connectivity index (χ3v) is 4.52. The maximum atomic E-state index is 12.8. The Kier molecular flexibility index (Phi) is 5.30. The zero-order chi connectivity index (χ0) is 14.5. The second-order valence-electron chi connectivity index (χ2n) is 5.93. The van der Waals surface area contributed by atoms with Crippen molar-refractivity contribution in [3.05, 3.63) is 35.6 Å². The van der Waals surface area contributed by atoms with E-state index in [9.17, 15) is 9.18 Å². The van der Waals surface area contributed by atoms with Crippen molar-refractivity contribution in [3.63, 3.8) is 0 Å². The first-order chi connectivity index (χ1) is 9.58. The Hall–Kier alpha value is -1.22. The number of ketones is 1. The maximum Gasteiger partial charge on any atom is 0.162 e. The highest BCUT2D eigenvalue weighted by molar-refractivity contribution is 5.95. The molecular weight excluding hydrogens is 253 g/mol. The average molecular weight is 277 g/mol. The molecular formula is C17H24FNO. The highest BCUT2D eigenvalue weighted by Crippen LogP contribution is 2.23. The summed E-state index contributed by atoms with van der Waals surface area (Å²) in [5, 5.41) is 0. The fourth-order valence-corrected chi connectivity index (χ4v) is 2.96. The van der Waals surface area contributed by atoms with Gasteiger partial charge in [-0.25, -0.2) is 4.39 Å². The van der Waals surface area contributed by atoms with Gasteiger partial charge in [-0.15, -0.1) is 0 Å². The van der Waals surface area contributed by atoms with Crippen molar-refractivity contribution < 1.29 is 9.18 Å². The zero-order valence-electron chi connectivity index (χ0n) is 12.4. The first kappa shape index (κ1) is 15.2. The minimum Gasteiger partial charge on any atom is -0.300 e.